The largest absolute Gasteiger partial charge is 0.507 e. The van der Waals surface area contributed by atoms with Crippen molar-refractivity contribution in [3.05, 3.63) is 65.5 Å². The third-order valence-corrected chi connectivity index (χ3v) is 3.08. The number of rotatable bonds is 3. The molecule has 0 aliphatic rings. The minimum Gasteiger partial charge on any atom is -0.507 e. The Labute approximate surface area is 122 Å². The number of benzene rings is 2. The molecule has 0 aliphatic carbocycles. The van der Waals surface area contributed by atoms with E-state index in [4.69, 9.17) is 4.52 Å². The Bertz CT molecular complexity index is 773. The number of phenols is 1. The van der Waals surface area contributed by atoms with Crippen LogP contribution in [0.5, 0.6) is 5.75 Å². The van der Waals surface area contributed by atoms with Gasteiger partial charge < -0.3 is 9.63 Å². The topological polar surface area (TPSA) is 59.2 Å². The first-order valence-electron chi connectivity index (χ1n) is 6.59. The van der Waals surface area contributed by atoms with Crippen molar-refractivity contribution < 1.29 is 9.63 Å². The highest BCUT2D eigenvalue weighted by Gasteiger charge is 2.10. The number of hydrogen-bond acceptors (Lipinski definition) is 4. The van der Waals surface area contributed by atoms with Gasteiger partial charge in [0, 0.05) is 0 Å². The van der Waals surface area contributed by atoms with E-state index < -0.39 is 0 Å². The quantitative estimate of drug-likeness (QED) is 0.788. The van der Waals surface area contributed by atoms with E-state index in [-0.39, 0.29) is 5.75 Å². The van der Waals surface area contributed by atoms with Crippen LogP contribution in [0.2, 0.25) is 0 Å². The van der Waals surface area contributed by atoms with Crippen LogP contribution in [0, 0.1) is 6.92 Å². The lowest BCUT2D eigenvalue weighted by Gasteiger charge is -1.96. The molecule has 1 N–H and O–H groups in total. The van der Waals surface area contributed by atoms with Gasteiger partial charge in [0.25, 0.3) is 5.89 Å². The van der Waals surface area contributed by atoms with Crippen LogP contribution in [-0.2, 0) is 0 Å². The van der Waals surface area contributed by atoms with E-state index in [1.165, 1.54) is 5.56 Å². The summed E-state index contributed by atoms with van der Waals surface area (Å²) in [5.74, 6) is 0.890. The van der Waals surface area contributed by atoms with Crippen molar-refractivity contribution in [2.75, 3.05) is 0 Å². The highest BCUT2D eigenvalue weighted by molar-refractivity contribution is 5.68. The monoisotopic (exact) mass is 278 g/mol. The molecule has 3 rings (SSSR count). The van der Waals surface area contributed by atoms with Gasteiger partial charge in [0.15, 0.2) is 5.82 Å². The molecule has 2 aromatic carbocycles. The first-order chi connectivity index (χ1) is 10.2. The summed E-state index contributed by atoms with van der Waals surface area (Å²) in [6.07, 6.45) is 3.69. The minimum absolute atomic E-state index is 0.121. The fourth-order valence-electron chi connectivity index (χ4n) is 1.91. The molecule has 21 heavy (non-hydrogen) atoms. The standard InChI is InChI=1S/C17H14N2O2/c1-12-6-8-13(9-7-12)10-11-16-18-17(21-19-16)14-4-2-3-5-15(14)20/h2-11,20H,1H3/b11-10+. The van der Waals surface area contributed by atoms with Crippen molar-refractivity contribution in [1.82, 2.24) is 10.1 Å². The van der Waals surface area contributed by atoms with Crippen LogP contribution in [0.15, 0.2) is 53.1 Å². The molecule has 3 aromatic rings. The van der Waals surface area contributed by atoms with Crippen molar-refractivity contribution >= 4 is 12.2 Å². The number of para-hydroxylation sites is 1. The number of aryl methyl sites for hydroxylation is 1. The molecular weight excluding hydrogens is 264 g/mol. The van der Waals surface area contributed by atoms with Gasteiger partial charge >= 0.3 is 0 Å². The predicted octanol–water partition coefficient (Wildman–Crippen LogP) is 3.92. The van der Waals surface area contributed by atoms with Crippen molar-refractivity contribution in [2.24, 2.45) is 0 Å². The average Bonchev–Trinajstić information content (AvgIpc) is 2.96. The predicted molar refractivity (Wildman–Crippen MR) is 81.5 cm³/mol. The Morgan fingerprint density at radius 2 is 1.76 bits per heavy atom. The van der Waals surface area contributed by atoms with E-state index in [1.54, 1.807) is 30.3 Å². The molecule has 0 fully saturated rings. The summed E-state index contributed by atoms with van der Waals surface area (Å²) >= 11 is 0. The summed E-state index contributed by atoms with van der Waals surface area (Å²) < 4.78 is 5.17. The summed E-state index contributed by atoms with van der Waals surface area (Å²) in [4.78, 5) is 4.25. The maximum absolute atomic E-state index is 9.76. The van der Waals surface area contributed by atoms with Gasteiger partial charge in [-0.25, -0.2) is 0 Å². The number of aromatic hydroxyl groups is 1. The van der Waals surface area contributed by atoms with Crippen LogP contribution in [-0.4, -0.2) is 15.2 Å². The second-order valence-corrected chi connectivity index (χ2v) is 4.72. The molecule has 4 heteroatoms. The van der Waals surface area contributed by atoms with Gasteiger partial charge in [-0.2, -0.15) is 4.98 Å². The van der Waals surface area contributed by atoms with E-state index in [9.17, 15) is 5.11 Å². The molecule has 104 valence electrons. The highest BCUT2D eigenvalue weighted by Crippen LogP contribution is 2.27. The van der Waals surface area contributed by atoms with Gasteiger partial charge in [0.05, 0.1) is 5.56 Å². The number of hydrogen-bond donors (Lipinski definition) is 1. The third-order valence-electron chi connectivity index (χ3n) is 3.08. The number of nitrogens with zero attached hydrogens (tertiary/aromatic N) is 2. The molecule has 0 saturated carbocycles. The van der Waals surface area contributed by atoms with E-state index in [0.29, 0.717) is 17.3 Å². The Morgan fingerprint density at radius 3 is 2.52 bits per heavy atom. The fraction of sp³-hybridized carbons (Fsp3) is 0.0588. The van der Waals surface area contributed by atoms with Crippen LogP contribution in [0.3, 0.4) is 0 Å². The zero-order chi connectivity index (χ0) is 14.7. The number of aromatic nitrogens is 2. The van der Waals surface area contributed by atoms with E-state index in [2.05, 4.69) is 10.1 Å². The van der Waals surface area contributed by atoms with Gasteiger partial charge in [0.2, 0.25) is 0 Å². The minimum atomic E-state index is 0.121. The molecule has 0 saturated heterocycles. The van der Waals surface area contributed by atoms with Crippen molar-refractivity contribution in [1.29, 1.82) is 0 Å². The van der Waals surface area contributed by atoms with Gasteiger partial charge in [-0.15, -0.1) is 0 Å². The maximum atomic E-state index is 9.76. The molecular formula is C17H14N2O2. The molecule has 0 amide bonds. The Hall–Kier alpha value is -2.88. The second-order valence-electron chi connectivity index (χ2n) is 4.72. The Kier molecular flexibility index (Phi) is 3.51. The second kappa shape index (κ2) is 5.63. The van der Waals surface area contributed by atoms with Gasteiger partial charge in [-0.05, 0) is 30.7 Å². The van der Waals surface area contributed by atoms with E-state index in [0.717, 1.165) is 5.56 Å². The lowest BCUT2D eigenvalue weighted by atomic mass is 10.1. The average molecular weight is 278 g/mol. The molecule has 0 spiro atoms. The van der Waals surface area contributed by atoms with E-state index >= 15 is 0 Å². The van der Waals surface area contributed by atoms with Gasteiger partial charge in [-0.3, -0.25) is 0 Å². The van der Waals surface area contributed by atoms with Gasteiger partial charge in [0.1, 0.15) is 5.75 Å². The molecule has 0 bridgehead atoms. The molecule has 4 nitrogen and oxygen atoms in total. The molecule has 1 aromatic heterocycles. The highest BCUT2D eigenvalue weighted by atomic mass is 16.5. The molecule has 0 atom stereocenters. The maximum Gasteiger partial charge on any atom is 0.261 e. The first-order valence-corrected chi connectivity index (χ1v) is 6.59. The third kappa shape index (κ3) is 3.00. The Balaban J connectivity index is 1.82. The summed E-state index contributed by atoms with van der Waals surface area (Å²) in [5, 5.41) is 13.6. The van der Waals surface area contributed by atoms with Crippen LogP contribution in [0.4, 0.5) is 0 Å². The zero-order valence-electron chi connectivity index (χ0n) is 11.5. The van der Waals surface area contributed by atoms with Crippen LogP contribution >= 0.6 is 0 Å². The zero-order valence-corrected chi connectivity index (χ0v) is 11.5. The first kappa shape index (κ1) is 13.1. The lowest BCUT2D eigenvalue weighted by molar-refractivity contribution is 0.423. The number of phenolic OH excluding ortho intramolecular Hbond substituents is 1. The SMILES string of the molecule is Cc1ccc(/C=C/c2noc(-c3ccccc3O)n2)cc1. The smallest absolute Gasteiger partial charge is 0.261 e. The molecule has 0 unspecified atom stereocenters. The Morgan fingerprint density at radius 1 is 1.00 bits per heavy atom. The van der Waals surface area contributed by atoms with Gasteiger partial charge in [-0.1, -0.05) is 53.2 Å². The van der Waals surface area contributed by atoms with Crippen molar-refractivity contribution in [3.63, 3.8) is 0 Å². The van der Waals surface area contributed by atoms with Crippen molar-refractivity contribution in [3.8, 4) is 17.2 Å². The molecule has 1 heterocycles. The summed E-state index contributed by atoms with van der Waals surface area (Å²) in [6, 6.07) is 15.0. The molecule has 0 radical (unpaired) electrons. The fourth-order valence-corrected chi connectivity index (χ4v) is 1.91. The van der Waals surface area contributed by atoms with Crippen LogP contribution in [0.1, 0.15) is 17.0 Å². The lowest BCUT2D eigenvalue weighted by Crippen LogP contribution is -1.79. The summed E-state index contributed by atoms with van der Waals surface area (Å²) in [5.41, 5.74) is 2.81. The molecule has 0 aliphatic heterocycles. The van der Waals surface area contributed by atoms with Crippen LogP contribution in [0.25, 0.3) is 23.6 Å². The summed E-state index contributed by atoms with van der Waals surface area (Å²) in [7, 11) is 0. The van der Waals surface area contributed by atoms with E-state index in [1.807, 2.05) is 37.3 Å². The summed E-state index contributed by atoms with van der Waals surface area (Å²) in [6.45, 7) is 2.05. The van der Waals surface area contributed by atoms with Crippen molar-refractivity contribution in [2.45, 2.75) is 6.92 Å². The van der Waals surface area contributed by atoms with Crippen LogP contribution < -0.4 is 0 Å². The normalized spacial score (nSPS) is 11.1.